The fraction of sp³-hybridized carbons (Fsp3) is 0.500. The van der Waals surface area contributed by atoms with Crippen LogP contribution in [0.15, 0.2) is 30.5 Å². The highest BCUT2D eigenvalue weighted by atomic mass is 16.5. The number of nitrogens with zero attached hydrogens (tertiary/aromatic N) is 3. The predicted octanol–water partition coefficient (Wildman–Crippen LogP) is 2.24. The van der Waals surface area contributed by atoms with Gasteiger partial charge in [0.1, 0.15) is 18.5 Å². The van der Waals surface area contributed by atoms with Crippen LogP contribution in [0.2, 0.25) is 0 Å². The first kappa shape index (κ1) is 21.8. The molecule has 0 saturated carbocycles. The predicted molar refractivity (Wildman–Crippen MR) is 112 cm³/mol. The number of nitrogens with one attached hydrogen (secondary N) is 1. The number of methoxy groups -OCH3 is 1. The molecule has 0 aliphatic carbocycles. The summed E-state index contributed by atoms with van der Waals surface area (Å²) >= 11 is 0. The SMILES string of the molecule is COCC(=O)N1CCC(Oc2ccccc2C(=O)N[C@H](C)c2cnn(C)c2C)CC1. The van der Waals surface area contributed by atoms with Crippen LogP contribution in [0.3, 0.4) is 0 Å². The maximum Gasteiger partial charge on any atom is 0.255 e. The summed E-state index contributed by atoms with van der Waals surface area (Å²) in [5.74, 6) is 0.372. The number of ether oxygens (including phenoxy) is 2. The van der Waals surface area contributed by atoms with Crippen molar-refractivity contribution >= 4 is 11.8 Å². The number of likely N-dealkylation sites (tertiary alicyclic amines) is 1. The Balaban J connectivity index is 1.63. The number of para-hydroxylation sites is 1. The van der Waals surface area contributed by atoms with Crippen molar-refractivity contribution in [1.29, 1.82) is 0 Å². The van der Waals surface area contributed by atoms with Gasteiger partial charge in [-0.05, 0) is 26.0 Å². The lowest BCUT2D eigenvalue weighted by Gasteiger charge is -2.32. The highest BCUT2D eigenvalue weighted by Gasteiger charge is 2.25. The Hall–Kier alpha value is -2.87. The number of benzene rings is 1. The standard InChI is InChI=1S/C22H30N4O4/c1-15(19-13-23-25(3)16(19)2)24-22(28)18-7-5-6-8-20(18)30-17-9-11-26(12-10-17)21(27)14-29-4/h5-8,13,15,17H,9-12,14H2,1-4H3,(H,24,28)/t15-/m1/s1. The van der Waals surface area contributed by atoms with Crippen molar-refractivity contribution in [1.82, 2.24) is 20.0 Å². The molecule has 2 amide bonds. The molecule has 1 N–H and O–H groups in total. The van der Waals surface area contributed by atoms with E-state index in [-0.39, 0.29) is 30.6 Å². The molecular formula is C22H30N4O4. The van der Waals surface area contributed by atoms with E-state index in [9.17, 15) is 9.59 Å². The molecule has 8 nitrogen and oxygen atoms in total. The molecule has 8 heteroatoms. The first-order chi connectivity index (χ1) is 14.4. The maximum absolute atomic E-state index is 12.9. The second-order valence-corrected chi connectivity index (χ2v) is 7.63. The van der Waals surface area contributed by atoms with Crippen molar-refractivity contribution in [3.05, 3.63) is 47.3 Å². The van der Waals surface area contributed by atoms with E-state index in [0.717, 1.165) is 24.1 Å². The van der Waals surface area contributed by atoms with E-state index < -0.39 is 0 Å². The molecule has 162 valence electrons. The van der Waals surface area contributed by atoms with Crippen LogP contribution < -0.4 is 10.1 Å². The smallest absolute Gasteiger partial charge is 0.255 e. The molecule has 30 heavy (non-hydrogen) atoms. The monoisotopic (exact) mass is 414 g/mol. The lowest BCUT2D eigenvalue weighted by atomic mass is 10.1. The summed E-state index contributed by atoms with van der Waals surface area (Å²) < 4.78 is 12.9. The fourth-order valence-electron chi connectivity index (χ4n) is 3.67. The van der Waals surface area contributed by atoms with Crippen LogP contribution in [-0.4, -0.2) is 59.4 Å². The summed E-state index contributed by atoms with van der Waals surface area (Å²) in [6.07, 6.45) is 3.18. The zero-order valence-electron chi connectivity index (χ0n) is 18.1. The van der Waals surface area contributed by atoms with E-state index in [1.807, 2.05) is 39.1 Å². The van der Waals surface area contributed by atoms with Crippen molar-refractivity contribution in [2.45, 2.75) is 38.8 Å². The van der Waals surface area contributed by atoms with E-state index >= 15 is 0 Å². The Labute approximate surface area is 177 Å². The highest BCUT2D eigenvalue weighted by molar-refractivity contribution is 5.97. The number of amides is 2. The first-order valence-electron chi connectivity index (χ1n) is 10.2. The van der Waals surface area contributed by atoms with Crippen molar-refractivity contribution < 1.29 is 19.1 Å². The van der Waals surface area contributed by atoms with Gasteiger partial charge in [0.15, 0.2) is 0 Å². The molecule has 3 rings (SSSR count). The molecular weight excluding hydrogens is 384 g/mol. The molecule has 1 atom stereocenters. The third kappa shape index (κ3) is 4.99. The van der Waals surface area contributed by atoms with Crippen LogP contribution in [0.1, 0.15) is 47.4 Å². The van der Waals surface area contributed by atoms with E-state index in [4.69, 9.17) is 9.47 Å². The largest absolute Gasteiger partial charge is 0.489 e. The van der Waals surface area contributed by atoms with E-state index in [1.54, 1.807) is 21.8 Å². The van der Waals surface area contributed by atoms with Crippen LogP contribution in [0.25, 0.3) is 0 Å². The summed E-state index contributed by atoms with van der Waals surface area (Å²) in [5, 5.41) is 7.29. The van der Waals surface area contributed by atoms with Gasteiger partial charge in [-0.25, -0.2) is 0 Å². The van der Waals surface area contributed by atoms with Gasteiger partial charge in [0.2, 0.25) is 5.91 Å². The average molecular weight is 415 g/mol. The molecule has 0 bridgehead atoms. The number of rotatable bonds is 7. The van der Waals surface area contributed by atoms with Gasteiger partial charge in [-0.3, -0.25) is 14.3 Å². The molecule has 0 spiro atoms. The third-order valence-electron chi connectivity index (χ3n) is 5.58. The summed E-state index contributed by atoms with van der Waals surface area (Å²) in [4.78, 5) is 26.7. The van der Waals surface area contributed by atoms with Crippen molar-refractivity contribution in [3.8, 4) is 5.75 Å². The quantitative estimate of drug-likeness (QED) is 0.751. The van der Waals surface area contributed by atoms with Crippen molar-refractivity contribution in [2.75, 3.05) is 26.8 Å². The van der Waals surface area contributed by atoms with Crippen LogP contribution >= 0.6 is 0 Å². The van der Waals surface area contributed by atoms with Gasteiger partial charge in [-0.2, -0.15) is 5.10 Å². The van der Waals surface area contributed by atoms with Gasteiger partial charge in [0.05, 0.1) is 17.8 Å². The molecule has 1 aromatic heterocycles. The van der Waals surface area contributed by atoms with Crippen molar-refractivity contribution in [3.63, 3.8) is 0 Å². The molecule has 1 saturated heterocycles. The van der Waals surface area contributed by atoms with Gasteiger partial charge in [0.25, 0.3) is 5.91 Å². The van der Waals surface area contributed by atoms with Crippen LogP contribution in [0.5, 0.6) is 5.75 Å². The lowest BCUT2D eigenvalue weighted by molar-refractivity contribution is -0.136. The Morgan fingerprint density at radius 1 is 1.27 bits per heavy atom. The van der Waals surface area contributed by atoms with E-state index in [1.165, 1.54) is 7.11 Å². The number of hydrogen-bond acceptors (Lipinski definition) is 5. The Morgan fingerprint density at radius 3 is 2.60 bits per heavy atom. The zero-order valence-corrected chi connectivity index (χ0v) is 18.1. The number of hydrogen-bond donors (Lipinski definition) is 1. The average Bonchev–Trinajstić information content (AvgIpc) is 3.07. The molecule has 1 fully saturated rings. The number of piperidine rings is 1. The minimum absolute atomic E-state index is 0.00425. The molecule has 1 aliphatic rings. The summed E-state index contributed by atoms with van der Waals surface area (Å²) in [6.45, 7) is 5.27. The van der Waals surface area contributed by atoms with Gasteiger partial charge >= 0.3 is 0 Å². The van der Waals surface area contributed by atoms with Gasteiger partial charge in [-0.15, -0.1) is 0 Å². The minimum atomic E-state index is -0.186. The molecule has 1 aliphatic heterocycles. The van der Waals surface area contributed by atoms with Crippen LogP contribution in [0, 0.1) is 6.92 Å². The number of carbonyl (C=O) groups is 2. The Bertz CT molecular complexity index is 887. The van der Waals surface area contributed by atoms with Crippen LogP contribution in [0.4, 0.5) is 0 Å². The normalized spacial score (nSPS) is 15.7. The highest BCUT2D eigenvalue weighted by Crippen LogP contribution is 2.24. The molecule has 0 unspecified atom stereocenters. The maximum atomic E-state index is 12.9. The molecule has 2 heterocycles. The number of aromatic nitrogens is 2. The van der Waals surface area contributed by atoms with E-state index in [0.29, 0.717) is 24.4 Å². The van der Waals surface area contributed by atoms with E-state index in [2.05, 4.69) is 10.4 Å². The zero-order chi connectivity index (χ0) is 21.7. The first-order valence-corrected chi connectivity index (χ1v) is 10.2. The molecule has 2 aromatic rings. The van der Waals surface area contributed by atoms with Crippen LogP contribution in [-0.2, 0) is 16.6 Å². The lowest BCUT2D eigenvalue weighted by Crippen LogP contribution is -2.43. The molecule has 0 radical (unpaired) electrons. The summed E-state index contributed by atoms with van der Waals surface area (Å²) in [6, 6.07) is 7.10. The Kier molecular flexibility index (Phi) is 7.10. The van der Waals surface area contributed by atoms with Gasteiger partial charge in [-0.1, -0.05) is 12.1 Å². The summed E-state index contributed by atoms with van der Waals surface area (Å²) in [5.41, 5.74) is 2.50. The fourth-order valence-corrected chi connectivity index (χ4v) is 3.67. The second-order valence-electron chi connectivity index (χ2n) is 7.63. The van der Waals surface area contributed by atoms with Crippen molar-refractivity contribution in [2.24, 2.45) is 7.05 Å². The second kappa shape index (κ2) is 9.75. The molecule has 1 aromatic carbocycles. The number of carbonyl (C=O) groups excluding carboxylic acids is 2. The summed E-state index contributed by atoms with van der Waals surface area (Å²) in [7, 11) is 3.40. The van der Waals surface area contributed by atoms with Gasteiger partial charge < -0.3 is 19.7 Å². The topological polar surface area (TPSA) is 85.7 Å². The Morgan fingerprint density at radius 2 is 1.97 bits per heavy atom. The number of aryl methyl sites for hydroxylation is 1. The third-order valence-corrected chi connectivity index (χ3v) is 5.58. The minimum Gasteiger partial charge on any atom is -0.489 e. The van der Waals surface area contributed by atoms with Gasteiger partial charge in [0, 0.05) is 51.3 Å².